The lowest BCUT2D eigenvalue weighted by atomic mass is 10.2. The molecule has 0 spiro atoms. The fourth-order valence-electron chi connectivity index (χ4n) is 0.785. The summed E-state index contributed by atoms with van der Waals surface area (Å²) in [5, 5.41) is 12.0. The number of ether oxygens (including phenoxy) is 1. The van der Waals surface area contributed by atoms with Gasteiger partial charge >= 0.3 is 0 Å². The van der Waals surface area contributed by atoms with Gasteiger partial charge in [-0.3, -0.25) is 0 Å². The van der Waals surface area contributed by atoms with Crippen LogP contribution in [0.4, 0.5) is 0 Å². The van der Waals surface area contributed by atoms with Gasteiger partial charge in [-0.25, -0.2) is 0 Å². The number of rotatable bonds is 4. The van der Waals surface area contributed by atoms with Crippen molar-refractivity contribution in [3.05, 3.63) is 0 Å². The third-order valence-corrected chi connectivity index (χ3v) is 1.63. The van der Waals surface area contributed by atoms with Gasteiger partial charge in [0.25, 0.3) is 0 Å². The Kier molecular flexibility index (Phi) is 3.12. The van der Waals surface area contributed by atoms with Crippen molar-refractivity contribution in [1.82, 2.24) is 5.32 Å². The van der Waals surface area contributed by atoms with E-state index >= 15 is 0 Å². The summed E-state index contributed by atoms with van der Waals surface area (Å²) in [5.74, 6) is 0. The lowest BCUT2D eigenvalue weighted by Crippen LogP contribution is -2.48. The first kappa shape index (κ1) is 7.98. The molecule has 3 heteroatoms. The second-order valence-corrected chi connectivity index (χ2v) is 2.79. The van der Waals surface area contributed by atoms with Gasteiger partial charge in [-0.1, -0.05) is 0 Å². The Bertz CT molecular complexity index is 91.6. The second kappa shape index (κ2) is 3.91. The van der Waals surface area contributed by atoms with E-state index in [0.29, 0.717) is 12.7 Å². The van der Waals surface area contributed by atoms with Crippen LogP contribution in [0.5, 0.6) is 0 Å². The Morgan fingerprint density at radius 3 is 2.80 bits per heavy atom. The number of hydrogen-bond donors (Lipinski definition) is 2. The van der Waals surface area contributed by atoms with E-state index < -0.39 is 0 Å². The third-order valence-electron chi connectivity index (χ3n) is 1.63. The van der Waals surface area contributed by atoms with Crippen molar-refractivity contribution in [3.8, 4) is 0 Å². The fourth-order valence-corrected chi connectivity index (χ4v) is 0.785. The molecule has 1 saturated heterocycles. The van der Waals surface area contributed by atoms with Gasteiger partial charge in [0.2, 0.25) is 0 Å². The standard InChI is InChI=1S/C7H15NO2/c1-6(9)2-3-10-7-4-8-5-7/h6-9H,2-5H2,1H3. The zero-order chi connectivity index (χ0) is 7.40. The summed E-state index contributed by atoms with van der Waals surface area (Å²) >= 11 is 0. The maximum atomic E-state index is 8.86. The Labute approximate surface area is 61.4 Å². The molecule has 1 fully saturated rings. The van der Waals surface area contributed by atoms with E-state index in [2.05, 4.69) is 5.32 Å². The minimum absolute atomic E-state index is 0.229. The molecule has 1 heterocycles. The molecular formula is C7H15NO2. The summed E-state index contributed by atoms with van der Waals surface area (Å²) in [6.45, 7) is 4.41. The van der Waals surface area contributed by atoms with Gasteiger partial charge in [0.1, 0.15) is 0 Å². The molecule has 0 saturated carbocycles. The van der Waals surface area contributed by atoms with Gasteiger partial charge in [0, 0.05) is 19.7 Å². The molecule has 0 bridgehead atoms. The Morgan fingerprint density at radius 2 is 2.40 bits per heavy atom. The Hall–Kier alpha value is -0.120. The van der Waals surface area contributed by atoms with Crippen molar-refractivity contribution < 1.29 is 9.84 Å². The molecule has 0 aromatic carbocycles. The fraction of sp³-hybridized carbons (Fsp3) is 1.00. The normalized spacial score (nSPS) is 22.2. The van der Waals surface area contributed by atoms with Crippen LogP contribution < -0.4 is 5.32 Å². The summed E-state index contributed by atoms with van der Waals surface area (Å²) < 4.78 is 5.37. The highest BCUT2D eigenvalue weighted by Gasteiger charge is 2.16. The zero-order valence-electron chi connectivity index (χ0n) is 6.34. The number of aliphatic hydroxyl groups is 1. The predicted octanol–water partition coefficient (Wildman–Crippen LogP) is -0.254. The maximum absolute atomic E-state index is 8.86. The van der Waals surface area contributed by atoms with Crippen LogP contribution in [0.1, 0.15) is 13.3 Å². The molecule has 60 valence electrons. The van der Waals surface area contributed by atoms with E-state index in [1.807, 2.05) is 0 Å². The number of nitrogens with one attached hydrogen (secondary N) is 1. The molecule has 1 aliphatic heterocycles. The quantitative estimate of drug-likeness (QED) is 0.573. The van der Waals surface area contributed by atoms with Gasteiger partial charge < -0.3 is 15.2 Å². The van der Waals surface area contributed by atoms with E-state index in [1.165, 1.54) is 0 Å². The summed E-state index contributed by atoms with van der Waals surface area (Å²) in [6, 6.07) is 0. The molecule has 1 rings (SSSR count). The average Bonchev–Trinajstić information content (AvgIpc) is 1.75. The van der Waals surface area contributed by atoms with Crippen molar-refractivity contribution in [3.63, 3.8) is 0 Å². The van der Waals surface area contributed by atoms with Gasteiger partial charge in [0.15, 0.2) is 0 Å². The predicted molar refractivity (Wildman–Crippen MR) is 38.9 cm³/mol. The summed E-state index contributed by atoms with van der Waals surface area (Å²) in [5.41, 5.74) is 0. The largest absolute Gasteiger partial charge is 0.393 e. The van der Waals surface area contributed by atoms with E-state index in [-0.39, 0.29) is 6.10 Å². The summed E-state index contributed by atoms with van der Waals surface area (Å²) in [7, 11) is 0. The lowest BCUT2D eigenvalue weighted by molar-refractivity contribution is 0.00381. The van der Waals surface area contributed by atoms with Crippen LogP contribution in [0.15, 0.2) is 0 Å². The molecular weight excluding hydrogens is 130 g/mol. The minimum atomic E-state index is -0.229. The SMILES string of the molecule is CC(O)CCOC1CNC1. The highest BCUT2D eigenvalue weighted by molar-refractivity contribution is 4.74. The van der Waals surface area contributed by atoms with Crippen LogP contribution in [0.3, 0.4) is 0 Å². The van der Waals surface area contributed by atoms with Crippen molar-refractivity contribution >= 4 is 0 Å². The molecule has 0 radical (unpaired) electrons. The van der Waals surface area contributed by atoms with Crippen molar-refractivity contribution in [2.45, 2.75) is 25.6 Å². The van der Waals surface area contributed by atoms with Crippen molar-refractivity contribution in [1.29, 1.82) is 0 Å². The molecule has 0 amide bonds. The van der Waals surface area contributed by atoms with Gasteiger partial charge in [-0.15, -0.1) is 0 Å². The smallest absolute Gasteiger partial charge is 0.0823 e. The Morgan fingerprint density at radius 1 is 1.70 bits per heavy atom. The zero-order valence-corrected chi connectivity index (χ0v) is 6.34. The first-order valence-electron chi connectivity index (χ1n) is 3.79. The Balaban J connectivity index is 1.85. The van der Waals surface area contributed by atoms with Gasteiger partial charge in [-0.05, 0) is 13.3 Å². The highest BCUT2D eigenvalue weighted by Crippen LogP contribution is 1.99. The van der Waals surface area contributed by atoms with E-state index in [9.17, 15) is 0 Å². The number of aliphatic hydroxyl groups excluding tert-OH is 1. The topological polar surface area (TPSA) is 41.5 Å². The van der Waals surface area contributed by atoms with Crippen molar-refractivity contribution in [2.24, 2.45) is 0 Å². The molecule has 0 aromatic heterocycles. The average molecular weight is 145 g/mol. The van der Waals surface area contributed by atoms with Crippen LogP contribution in [0.2, 0.25) is 0 Å². The van der Waals surface area contributed by atoms with Crippen LogP contribution >= 0.6 is 0 Å². The molecule has 0 aromatic rings. The van der Waals surface area contributed by atoms with Crippen LogP contribution in [0.25, 0.3) is 0 Å². The number of hydrogen-bond acceptors (Lipinski definition) is 3. The summed E-state index contributed by atoms with van der Waals surface area (Å²) in [4.78, 5) is 0. The molecule has 10 heavy (non-hydrogen) atoms. The van der Waals surface area contributed by atoms with E-state index in [0.717, 1.165) is 19.5 Å². The van der Waals surface area contributed by atoms with Crippen molar-refractivity contribution in [2.75, 3.05) is 19.7 Å². The van der Waals surface area contributed by atoms with E-state index in [1.54, 1.807) is 6.92 Å². The first-order chi connectivity index (χ1) is 4.79. The van der Waals surface area contributed by atoms with Gasteiger partial charge in [0.05, 0.1) is 12.2 Å². The summed E-state index contributed by atoms with van der Waals surface area (Å²) in [6.07, 6.45) is 0.919. The van der Waals surface area contributed by atoms with Crippen LogP contribution in [-0.2, 0) is 4.74 Å². The minimum Gasteiger partial charge on any atom is -0.393 e. The second-order valence-electron chi connectivity index (χ2n) is 2.79. The lowest BCUT2D eigenvalue weighted by Gasteiger charge is -2.27. The molecule has 0 aliphatic carbocycles. The molecule has 3 nitrogen and oxygen atoms in total. The third kappa shape index (κ3) is 2.64. The van der Waals surface area contributed by atoms with Gasteiger partial charge in [-0.2, -0.15) is 0 Å². The monoisotopic (exact) mass is 145 g/mol. The van der Waals surface area contributed by atoms with E-state index in [4.69, 9.17) is 9.84 Å². The van der Waals surface area contributed by atoms with Crippen LogP contribution in [-0.4, -0.2) is 37.0 Å². The maximum Gasteiger partial charge on any atom is 0.0823 e. The van der Waals surface area contributed by atoms with Crippen LogP contribution in [0, 0.1) is 0 Å². The molecule has 2 N–H and O–H groups in total. The molecule has 1 aliphatic rings. The highest BCUT2D eigenvalue weighted by atomic mass is 16.5. The first-order valence-corrected chi connectivity index (χ1v) is 3.79. The molecule has 1 unspecified atom stereocenters. The molecule has 1 atom stereocenters.